The average molecular weight is 645 g/mol. The van der Waals surface area contributed by atoms with Crippen molar-refractivity contribution in [2.75, 3.05) is 24.9 Å². The van der Waals surface area contributed by atoms with Crippen LogP contribution in [0, 0.1) is 0 Å². The number of benzene rings is 4. The zero-order valence-electron chi connectivity index (χ0n) is 25.7. The van der Waals surface area contributed by atoms with Crippen LogP contribution in [0.5, 0.6) is 11.5 Å². The van der Waals surface area contributed by atoms with E-state index in [0.29, 0.717) is 34.0 Å². The van der Waals surface area contributed by atoms with Crippen molar-refractivity contribution in [3.05, 3.63) is 150 Å². The number of carbonyl (C=O) groups excluding carboxylic acids is 3. The number of methoxy groups -OCH3 is 2. The van der Waals surface area contributed by atoms with E-state index < -0.39 is 17.1 Å². The summed E-state index contributed by atoms with van der Waals surface area (Å²) >= 11 is 1.37. The molecular weight excluding hydrogens is 612 g/mol. The fraction of sp³-hybridized carbons (Fsp3) is 0.0811. The van der Waals surface area contributed by atoms with Crippen molar-refractivity contribution >= 4 is 46.9 Å². The summed E-state index contributed by atoms with van der Waals surface area (Å²) in [5.41, 5.74) is 2.97. The van der Waals surface area contributed by atoms with Crippen LogP contribution in [0.15, 0.2) is 138 Å². The van der Waals surface area contributed by atoms with Crippen molar-refractivity contribution in [3.8, 4) is 11.5 Å². The quantitative estimate of drug-likeness (QED) is 0.0991. The third-order valence-corrected chi connectivity index (χ3v) is 8.16. The second-order valence-corrected chi connectivity index (χ2v) is 11.3. The lowest BCUT2D eigenvalue weighted by Gasteiger charge is -2.19. The Morgan fingerprint density at radius 3 is 2.17 bits per heavy atom. The lowest BCUT2D eigenvalue weighted by Crippen LogP contribution is -2.30. The van der Waals surface area contributed by atoms with Gasteiger partial charge in [-0.15, -0.1) is 11.8 Å². The third-order valence-electron chi connectivity index (χ3n) is 6.90. The predicted molar refractivity (Wildman–Crippen MR) is 184 cm³/mol. The minimum absolute atomic E-state index is 0.0556. The van der Waals surface area contributed by atoms with Crippen molar-refractivity contribution < 1.29 is 23.9 Å². The predicted octanol–water partition coefficient (Wildman–Crippen LogP) is 6.98. The van der Waals surface area contributed by atoms with Crippen LogP contribution in [0.1, 0.15) is 26.7 Å². The molecule has 0 aliphatic carbocycles. The summed E-state index contributed by atoms with van der Waals surface area (Å²) in [5.74, 6) is -0.0687. The largest absolute Gasteiger partial charge is 0.497 e. The normalized spacial score (nSPS) is 11.6. The van der Waals surface area contributed by atoms with E-state index in [-0.39, 0.29) is 11.6 Å². The zero-order chi connectivity index (χ0) is 33.0. The van der Waals surface area contributed by atoms with E-state index in [9.17, 15) is 14.4 Å². The summed E-state index contributed by atoms with van der Waals surface area (Å²) in [5, 5.41) is 7.97. The van der Waals surface area contributed by atoms with Crippen LogP contribution >= 0.6 is 11.8 Å². The van der Waals surface area contributed by atoms with E-state index in [2.05, 4.69) is 20.9 Å². The molecule has 0 aliphatic heterocycles. The fourth-order valence-corrected chi connectivity index (χ4v) is 5.55. The number of aromatic nitrogens is 1. The molecule has 0 spiro atoms. The van der Waals surface area contributed by atoms with E-state index in [0.717, 1.165) is 10.5 Å². The van der Waals surface area contributed by atoms with Gasteiger partial charge in [-0.25, -0.2) is 0 Å². The number of pyridine rings is 1. The highest BCUT2D eigenvalue weighted by atomic mass is 32.2. The van der Waals surface area contributed by atoms with Crippen LogP contribution < -0.4 is 25.4 Å². The molecular formula is C37H32N4O5S. The molecule has 0 aliphatic rings. The van der Waals surface area contributed by atoms with Crippen LogP contribution in [0.25, 0.3) is 6.08 Å². The highest BCUT2D eigenvalue weighted by molar-refractivity contribution is 8.00. The van der Waals surface area contributed by atoms with Gasteiger partial charge in [0.15, 0.2) is 0 Å². The van der Waals surface area contributed by atoms with Gasteiger partial charge in [0.05, 0.1) is 19.9 Å². The molecule has 4 aromatic carbocycles. The standard InChI is InChI=1S/C37H32N4O5S/c1-45-29-17-20-31(33(23-29)46-2)40-37(44)34(26-11-5-3-6-12-26)47-30-18-15-28(16-19-30)39-36(43)32(22-25-10-9-21-38-24-25)41-35(42)27-13-7-4-8-14-27/h3-24,34H,1-2H3,(H,39,43)(H,40,44)(H,41,42)/b32-22-. The average Bonchev–Trinajstić information content (AvgIpc) is 3.12. The summed E-state index contributed by atoms with van der Waals surface area (Å²) in [6, 6.07) is 34.0. The molecule has 0 saturated heterocycles. The van der Waals surface area contributed by atoms with Gasteiger partial charge in [0.1, 0.15) is 22.4 Å². The Kier molecular flexibility index (Phi) is 11.0. The van der Waals surface area contributed by atoms with Crippen molar-refractivity contribution in [2.45, 2.75) is 10.1 Å². The van der Waals surface area contributed by atoms with Crippen LogP contribution in [-0.4, -0.2) is 36.9 Å². The van der Waals surface area contributed by atoms with E-state index in [1.165, 1.54) is 18.9 Å². The maximum atomic E-state index is 13.6. The maximum absolute atomic E-state index is 13.6. The SMILES string of the molecule is COc1ccc(NC(=O)C(Sc2ccc(NC(=O)/C(=C/c3cccnc3)NC(=O)c3ccccc3)cc2)c2ccccc2)c(OC)c1. The number of hydrogen-bond donors (Lipinski definition) is 3. The van der Waals surface area contributed by atoms with Gasteiger partial charge in [-0.05, 0) is 71.8 Å². The molecule has 47 heavy (non-hydrogen) atoms. The Morgan fingerprint density at radius 2 is 1.51 bits per heavy atom. The van der Waals surface area contributed by atoms with E-state index >= 15 is 0 Å². The summed E-state index contributed by atoms with van der Waals surface area (Å²) in [4.78, 5) is 44.8. The number of nitrogens with zero attached hydrogens (tertiary/aromatic N) is 1. The van der Waals surface area contributed by atoms with E-state index in [1.807, 2.05) is 48.5 Å². The molecule has 0 radical (unpaired) electrons. The molecule has 1 atom stereocenters. The summed E-state index contributed by atoms with van der Waals surface area (Å²) in [7, 11) is 3.09. The Labute approximate surface area is 277 Å². The molecule has 0 saturated carbocycles. The Morgan fingerprint density at radius 1 is 0.787 bits per heavy atom. The minimum Gasteiger partial charge on any atom is -0.497 e. The van der Waals surface area contributed by atoms with Gasteiger partial charge in [0.25, 0.3) is 11.8 Å². The summed E-state index contributed by atoms with van der Waals surface area (Å²) in [6.45, 7) is 0. The van der Waals surface area contributed by atoms with Crippen molar-refractivity contribution in [3.63, 3.8) is 0 Å². The molecule has 3 amide bonds. The molecule has 0 bridgehead atoms. The van der Waals surface area contributed by atoms with E-state index in [1.54, 1.807) is 92.3 Å². The van der Waals surface area contributed by atoms with Crippen molar-refractivity contribution in [1.29, 1.82) is 0 Å². The topological polar surface area (TPSA) is 119 Å². The van der Waals surface area contributed by atoms with Crippen molar-refractivity contribution in [2.24, 2.45) is 0 Å². The van der Waals surface area contributed by atoms with Crippen LogP contribution in [0.3, 0.4) is 0 Å². The lowest BCUT2D eigenvalue weighted by molar-refractivity contribution is -0.116. The number of carbonyl (C=O) groups is 3. The first kappa shape index (κ1) is 32.5. The summed E-state index contributed by atoms with van der Waals surface area (Å²) < 4.78 is 10.7. The Hall–Kier alpha value is -5.87. The molecule has 0 fully saturated rings. The van der Waals surface area contributed by atoms with E-state index in [4.69, 9.17) is 9.47 Å². The van der Waals surface area contributed by atoms with Gasteiger partial charge in [-0.2, -0.15) is 0 Å². The van der Waals surface area contributed by atoms with Gasteiger partial charge >= 0.3 is 0 Å². The molecule has 5 rings (SSSR count). The van der Waals surface area contributed by atoms with Gasteiger partial charge < -0.3 is 25.4 Å². The molecule has 1 unspecified atom stereocenters. The summed E-state index contributed by atoms with van der Waals surface area (Å²) in [6.07, 6.45) is 4.79. The maximum Gasteiger partial charge on any atom is 0.272 e. The first-order valence-corrected chi connectivity index (χ1v) is 15.5. The number of amides is 3. The first-order valence-electron chi connectivity index (χ1n) is 14.6. The van der Waals surface area contributed by atoms with Crippen LogP contribution in [-0.2, 0) is 9.59 Å². The molecule has 1 heterocycles. The Bertz CT molecular complexity index is 1850. The van der Waals surface area contributed by atoms with Crippen LogP contribution in [0.2, 0.25) is 0 Å². The number of ether oxygens (including phenoxy) is 2. The highest BCUT2D eigenvalue weighted by Gasteiger charge is 2.24. The highest BCUT2D eigenvalue weighted by Crippen LogP contribution is 2.38. The minimum atomic E-state index is -0.592. The smallest absolute Gasteiger partial charge is 0.272 e. The van der Waals surface area contributed by atoms with Gasteiger partial charge in [-0.1, -0.05) is 54.6 Å². The Balaban J connectivity index is 1.32. The second-order valence-electron chi connectivity index (χ2n) is 10.1. The zero-order valence-corrected chi connectivity index (χ0v) is 26.5. The second kappa shape index (κ2) is 15.9. The third kappa shape index (κ3) is 8.86. The number of rotatable bonds is 12. The van der Waals surface area contributed by atoms with Gasteiger partial charge in [-0.3, -0.25) is 19.4 Å². The first-order chi connectivity index (χ1) is 22.9. The lowest BCUT2D eigenvalue weighted by atomic mass is 10.1. The molecule has 3 N–H and O–H groups in total. The number of nitrogens with one attached hydrogen (secondary N) is 3. The fourth-order valence-electron chi connectivity index (χ4n) is 4.52. The number of thioether (sulfide) groups is 1. The monoisotopic (exact) mass is 644 g/mol. The molecule has 5 aromatic rings. The van der Waals surface area contributed by atoms with Gasteiger partial charge in [0, 0.05) is 34.6 Å². The number of anilines is 2. The van der Waals surface area contributed by atoms with Crippen molar-refractivity contribution in [1.82, 2.24) is 10.3 Å². The number of hydrogen-bond acceptors (Lipinski definition) is 7. The van der Waals surface area contributed by atoms with Crippen LogP contribution in [0.4, 0.5) is 11.4 Å². The van der Waals surface area contributed by atoms with Gasteiger partial charge in [0.2, 0.25) is 5.91 Å². The molecule has 10 heteroatoms. The molecule has 9 nitrogen and oxygen atoms in total. The molecule has 236 valence electrons. The molecule has 1 aromatic heterocycles.